The van der Waals surface area contributed by atoms with Crippen molar-refractivity contribution >= 4 is 0 Å². The Bertz CT molecular complexity index is 502. The first-order valence-electron chi connectivity index (χ1n) is 5.34. The summed E-state index contributed by atoms with van der Waals surface area (Å²) in [6.07, 6.45) is 3.63. The number of hydrogen-bond donors (Lipinski definition) is 1. The lowest BCUT2D eigenvalue weighted by Crippen LogP contribution is -2.43. The molecular formula is C12H12FN3. The van der Waals surface area contributed by atoms with Crippen LogP contribution >= 0.6 is 0 Å². The molecular weight excluding hydrogens is 205 g/mol. The van der Waals surface area contributed by atoms with Crippen molar-refractivity contribution in [2.24, 2.45) is 0 Å². The van der Waals surface area contributed by atoms with Crippen LogP contribution in [0.25, 0.3) is 11.1 Å². The summed E-state index contributed by atoms with van der Waals surface area (Å²) in [6, 6.07) is 7.19. The zero-order chi connectivity index (χ0) is 11.0. The van der Waals surface area contributed by atoms with E-state index in [1.54, 1.807) is 18.3 Å². The number of halogens is 1. The van der Waals surface area contributed by atoms with Crippen LogP contribution in [0, 0.1) is 5.82 Å². The quantitative estimate of drug-likeness (QED) is 0.831. The summed E-state index contributed by atoms with van der Waals surface area (Å²) in [5.74, 6) is -0.200. The van der Waals surface area contributed by atoms with E-state index in [0.29, 0.717) is 11.6 Å². The first kappa shape index (κ1) is 9.54. The molecule has 1 saturated heterocycles. The molecule has 0 saturated carbocycles. The lowest BCUT2D eigenvalue weighted by molar-refractivity contribution is 0.318. The summed E-state index contributed by atoms with van der Waals surface area (Å²) in [7, 11) is 0. The smallest absolute Gasteiger partial charge is 0.131 e. The highest BCUT2D eigenvalue weighted by molar-refractivity contribution is 5.62. The summed E-state index contributed by atoms with van der Waals surface area (Å²) in [5.41, 5.74) is 1.45. The van der Waals surface area contributed by atoms with Crippen molar-refractivity contribution in [3.63, 3.8) is 0 Å². The third-order valence-corrected chi connectivity index (χ3v) is 2.92. The Morgan fingerprint density at radius 3 is 2.81 bits per heavy atom. The summed E-state index contributed by atoms with van der Waals surface area (Å²) in [5, 5.41) is 7.45. The van der Waals surface area contributed by atoms with E-state index in [2.05, 4.69) is 10.4 Å². The molecule has 0 spiro atoms. The van der Waals surface area contributed by atoms with Gasteiger partial charge in [0, 0.05) is 30.4 Å². The van der Waals surface area contributed by atoms with Crippen molar-refractivity contribution in [2.45, 2.75) is 6.04 Å². The first-order chi connectivity index (χ1) is 7.84. The maximum atomic E-state index is 13.5. The van der Waals surface area contributed by atoms with Crippen LogP contribution in [0.1, 0.15) is 6.04 Å². The van der Waals surface area contributed by atoms with Gasteiger partial charge >= 0.3 is 0 Å². The van der Waals surface area contributed by atoms with Crippen LogP contribution in [0.15, 0.2) is 36.7 Å². The van der Waals surface area contributed by atoms with Crippen LogP contribution in [0.2, 0.25) is 0 Å². The van der Waals surface area contributed by atoms with Gasteiger partial charge in [0.05, 0.1) is 12.2 Å². The third kappa shape index (κ3) is 1.51. The van der Waals surface area contributed by atoms with Crippen molar-refractivity contribution in [1.29, 1.82) is 0 Å². The standard InChI is InChI=1S/C12H12FN3/c13-12-4-2-1-3-11(12)9-5-15-16(8-9)10-6-14-7-10/h1-5,8,10,14H,6-7H2. The molecule has 0 atom stereocenters. The Morgan fingerprint density at radius 2 is 2.12 bits per heavy atom. The Kier molecular flexibility index (Phi) is 2.22. The minimum atomic E-state index is -0.200. The normalized spacial score (nSPS) is 16.1. The lowest BCUT2D eigenvalue weighted by Gasteiger charge is -2.27. The molecule has 1 aliphatic rings. The van der Waals surface area contributed by atoms with Crippen molar-refractivity contribution in [2.75, 3.05) is 13.1 Å². The van der Waals surface area contributed by atoms with Crippen molar-refractivity contribution in [1.82, 2.24) is 15.1 Å². The van der Waals surface area contributed by atoms with E-state index in [0.717, 1.165) is 18.7 Å². The van der Waals surface area contributed by atoms with Gasteiger partial charge in [0.2, 0.25) is 0 Å². The molecule has 0 radical (unpaired) electrons. The largest absolute Gasteiger partial charge is 0.312 e. The molecule has 3 rings (SSSR count). The topological polar surface area (TPSA) is 29.9 Å². The highest BCUT2D eigenvalue weighted by atomic mass is 19.1. The molecule has 0 bridgehead atoms. The summed E-state index contributed by atoms with van der Waals surface area (Å²) in [6.45, 7) is 1.89. The Morgan fingerprint density at radius 1 is 1.31 bits per heavy atom. The fraction of sp³-hybridized carbons (Fsp3) is 0.250. The number of aromatic nitrogens is 2. The van der Waals surface area contributed by atoms with Crippen LogP contribution in [0.3, 0.4) is 0 Å². The molecule has 2 heterocycles. The third-order valence-electron chi connectivity index (χ3n) is 2.92. The summed E-state index contributed by atoms with van der Waals surface area (Å²) in [4.78, 5) is 0. The summed E-state index contributed by atoms with van der Waals surface area (Å²) >= 11 is 0. The molecule has 1 aromatic carbocycles. The van der Waals surface area contributed by atoms with Gasteiger partial charge in [0.25, 0.3) is 0 Å². The van der Waals surface area contributed by atoms with Gasteiger partial charge in [0.15, 0.2) is 0 Å². The maximum Gasteiger partial charge on any atom is 0.131 e. The molecule has 2 aromatic rings. The number of nitrogens with zero attached hydrogens (tertiary/aromatic N) is 2. The van der Waals surface area contributed by atoms with E-state index in [9.17, 15) is 4.39 Å². The summed E-state index contributed by atoms with van der Waals surface area (Å²) < 4.78 is 15.4. The average molecular weight is 217 g/mol. The molecule has 0 unspecified atom stereocenters. The minimum absolute atomic E-state index is 0.200. The van der Waals surface area contributed by atoms with Crippen LogP contribution in [-0.2, 0) is 0 Å². The second-order valence-electron chi connectivity index (χ2n) is 4.00. The van der Waals surface area contributed by atoms with E-state index >= 15 is 0 Å². The number of nitrogens with one attached hydrogen (secondary N) is 1. The second-order valence-corrected chi connectivity index (χ2v) is 4.00. The minimum Gasteiger partial charge on any atom is -0.312 e. The molecule has 1 aliphatic heterocycles. The van der Waals surface area contributed by atoms with Gasteiger partial charge < -0.3 is 5.32 Å². The fourth-order valence-corrected chi connectivity index (χ4v) is 1.83. The van der Waals surface area contributed by atoms with Gasteiger partial charge in [-0.2, -0.15) is 5.10 Å². The molecule has 1 aromatic heterocycles. The van der Waals surface area contributed by atoms with E-state index in [-0.39, 0.29) is 5.82 Å². The van der Waals surface area contributed by atoms with Crippen LogP contribution in [0.5, 0.6) is 0 Å². The second kappa shape index (κ2) is 3.72. The molecule has 1 N–H and O–H groups in total. The first-order valence-corrected chi connectivity index (χ1v) is 5.34. The van der Waals surface area contributed by atoms with Crippen molar-refractivity contribution in [3.05, 3.63) is 42.5 Å². The van der Waals surface area contributed by atoms with Gasteiger partial charge in [0.1, 0.15) is 5.82 Å². The van der Waals surface area contributed by atoms with E-state index in [1.165, 1.54) is 6.07 Å². The van der Waals surface area contributed by atoms with Gasteiger partial charge in [-0.3, -0.25) is 4.68 Å². The number of benzene rings is 1. The molecule has 3 nitrogen and oxygen atoms in total. The van der Waals surface area contributed by atoms with E-state index < -0.39 is 0 Å². The average Bonchev–Trinajstić information content (AvgIpc) is 2.65. The van der Waals surface area contributed by atoms with Crippen LogP contribution < -0.4 is 5.32 Å². The lowest BCUT2D eigenvalue weighted by atomic mass is 10.1. The predicted octanol–water partition coefficient (Wildman–Crippen LogP) is 1.83. The van der Waals surface area contributed by atoms with E-state index in [4.69, 9.17) is 0 Å². The van der Waals surface area contributed by atoms with Gasteiger partial charge in [-0.05, 0) is 6.07 Å². The highest BCUT2D eigenvalue weighted by Crippen LogP contribution is 2.23. The fourth-order valence-electron chi connectivity index (χ4n) is 1.83. The molecule has 0 amide bonds. The highest BCUT2D eigenvalue weighted by Gasteiger charge is 2.19. The molecule has 4 heteroatoms. The number of rotatable bonds is 2. The molecule has 0 aliphatic carbocycles. The molecule has 1 fully saturated rings. The Hall–Kier alpha value is -1.68. The van der Waals surface area contributed by atoms with Crippen molar-refractivity contribution in [3.8, 4) is 11.1 Å². The van der Waals surface area contributed by atoms with Crippen molar-refractivity contribution < 1.29 is 4.39 Å². The van der Waals surface area contributed by atoms with Gasteiger partial charge in [-0.25, -0.2) is 4.39 Å². The predicted molar refractivity (Wildman–Crippen MR) is 59.5 cm³/mol. The zero-order valence-corrected chi connectivity index (χ0v) is 8.73. The van der Waals surface area contributed by atoms with Crippen LogP contribution in [0.4, 0.5) is 4.39 Å². The van der Waals surface area contributed by atoms with Crippen LogP contribution in [-0.4, -0.2) is 22.9 Å². The SMILES string of the molecule is Fc1ccccc1-c1cnn(C2CNC2)c1. The molecule has 16 heavy (non-hydrogen) atoms. The zero-order valence-electron chi connectivity index (χ0n) is 8.73. The Balaban J connectivity index is 1.95. The Labute approximate surface area is 92.9 Å². The monoisotopic (exact) mass is 217 g/mol. The van der Waals surface area contributed by atoms with E-state index in [1.807, 2.05) is 16.9 Å². The molecule has 82 valence electrons. The van der Waals surface area contributed by atoms with Gasteiger partial charge in [-0.1, -0.05) is 18.2 Å². The maximum absolute atomic E-state index is 13.5. The number of hydrogen-bond acceptors (Lipinski definition) is 2. The van der Waals surface area contributed by atoms with Gasteiger partial charge in [-0.15, -0.1) is 0 Å².